The second-order valence-corrected chi connectivity index (χ2v) is 10.1. The summed E-state index contributed by atoms with van der Waals surface area (Å²) in [6.45, 7) is 7.84. The molecule has 0 bridgehead atoms. The Hall–Kier alpha value is -3.84. The molecule has 0 radical (unpaired) electrons. The maximum Gasteiger partial charge on any atom is 0.306 e. The number of hydrogen-bond donors (Lipinski definition) is 2. The highest BCUT2D eigenvalue weighted by Gasteiger charge is 2.14. The zero-order valence-electron chi connectivity index (χ0n) is 21.4. The highest BCUT2D eigenvalue weighted by atomic mass is 35.5. The smallest absolute Gasteiger partial charge is 0.306 e. The maximum atomic E-state index is 12.2. The molecular weight excluding hydrogens is 492 g/mol. The average Bonchev–Trinajstić information content (AvgIpc) is 2.85. The van der Waals surface area contributed by atoms with Crippen LogP contribution in [0.5, 0.6) is 11.5 Å². The molecule has 0 fully saturated rings. The molecule has 0 aliphatic rings. The van der Waals surface area contributed by atoms with Gasteiger partial charge < -0.3 is 20.1 Å². The van der Waals surface area contributed by atoms with Crippen LogP contribution in [0.15, 0.2) is 66.7 Å². The summed E-state index contributed by atoms with van der Waals surface area (Å²) in [5.74, 6) is -0.122. The van der Waals surface area contributed by atoms with Gasteiger partial charge in [0.15, 0.2) is 6.61 Å². The van der Waals surface area contributed by atoms with E-state index >= 15 is 0 Å². The van der Waals surface area contributed by atoms with Crippen molar-refractivity contribution in [3.05, 3.63) is 82.9 Å². The van der Waals surface area contributed by atoms with E-state index in [1.807, 2.05) is 31.2 Å². The van der Waals surface area contributed by atoms with Gasteiger partial charge in [0, 0.05) is 22.8 Å². The molecule has 0 spiro atoms. The van der Waals surface area contributed by atoms with Crippen molar-refractivity contribution in [2.75, 3.05) is 17.2 Å². The fourth-order valence-corrected chi connectivity index (χ4v) is 3.51. The van der Waals surface area contributed by atoms with E-state index in [9.17, 15) is 14.4 Å². The van der Waals surface area contributed by atoms with Gasteiger partial charge in [-0.15, -0.1) is 0 Å². The Morgan fingerprint density at radius 1 is 0.811 bits per heavy atom. The van der Waals surface area contributed by atoms with Gasteiger partial charge in [-0.05, 0) is 72.0 Å². The summed E-state index contributed by atoms with van der Waals surface area (Å²) >= 11 is 5.93. The topological polar surface area (TPSA) is 93.7 Å². The third-order valence-corrected chi connectivity index (χ3v) is 5.72. The summed E-state index contributed by atoms with van der Waals surface area (Å²) in [5, 5.41) is 5.85. The van der Waals surface area contributed by atoms with Crippen molar-refractivity contribution >= 4 is 40.8 Å². The molecule has 3 aromatic rings. The summed E-state index contributed by atoms with van der Waals surface area (Å²) in [4.78, 5) is 36.2. The molecule has 2 N–H and O–H groups in total. The highest BCUT2D eigenvalue weighted by Crippen LogP contribution is 2.27. The number of aryl methyl sites for hydroxylation is 1. The summed E-state index contributed by atoms with van der Waals surface area (Å²) in [6, 6.07) is 20.0. The minimum absolute atomic E-state index is 0.0700. The Morgan fingerprint density at radius 3 is 2.05 bits per heavy atom. The van der Waals surface area contributed by atoms with Gasteiger partial charge in [-0.2, -0.15) is 0 Å². The fraction of sp³-hybridized carbons (Fsp3) is 0.276. The van der Waals surface area contributed by atoms with Gasteiger partial charge in [-0.3, -0.25) is 14.4 Å². The van der Waals surface area contributed by atoms with E-state index in [0.717, 1.165) is 11.3 Å². The van der Waals surface area contributed by atoms with E-state index in [-0.39, 0.29) is 24.2 Å². The van der Waals surface area contributed by atoms with Gasteiger partial charge in [-0.1, -0.05) is 50.6 Å². The average molecular weight is 523 g/mol. The van der Waals surface area contributed by atoms with E-state index in [1.165, 1.54) is 5.56 Å². The summed E-state index contributed by atoms with van der Waals surface area (Å²) < 4.78 is 10.8. The van der Waals surface area contributed by atoms with Crippen molar-refractivity contribution in [1.29, 1.82) is 0 Å². The van der Waals surface area contributed by atoms with Gasteiger partial charge >= 0.3 is 5.97 Å². The zero-order chi connectivity index (χ0) is 27.0. The van der Waals surface area contributed by atoms with E-state index in [4.69, 9.17) is 21.1 Å². The molecule has 2 amide bonds. The summed E-state index contributed by atoms with van der Waals surface area (Å²) in [7, 11) is 0. The van der Waals surface area contributed by atoms with E-state index in [0.29, 0.717) is 22.1 Å². The van der Waals surface area contributed by atoms with Crippen molar-refractivity contribution in [2.45, 2.75) is 46.0 Å². The van der Waals surface area contributed by atoms with Gasteiger partial charge in [0.05, 0.1) is 6.42 Å². The number of carbonyl (C=O) groups is 3. The predicted octanol–water partition coefficient (Wildman–Crippen LogP) is 6.64. The predicted molar refractivity (Wildman–Crippen MR) is 145 cm³/mol. The number of halogens is 1. The first-order valence-electron chi connectivity index (χ1n) is 11.9. The molecule has 3 rings (SSSR count). The van der Waals surface area contributed by atoms with E-state index in [2.05, 4.69) is 31.4 Å². The minimum atomic E-state index is -0.644. The lowest BCUT2D eigenvalue weighted by Crippen LogP contribution is -2.22. The van der Waals surface area contributed by atoms with E-state index < -0.39 is 18.5 Å². The van der Waals surface area contributed by atoms with Crippen LogP contribution in [0, 0.1) is 6.92 Å². The van der Waals surface area contributed by atoms with Crippen LogP contribution in [0.25, 0.3) is 0 Å². The first kappa shape index (κ1) is 27.7. The quantitative estimate of drug-likeness (QED) is 0.307. The highest BCUT2D eigenvalue weighted by molar-refractivity contribution is 6.31. The monoisotopic (exact) mass is 522 g/mol. The number of carbonyl (C=O) groups excluding carboxylic acids is 3. The van der Waals surface area contributed by atoms with Gasteiger partial charge in [0.2, 0.25) is 5.91 Å². The number of amides is 2. The molecule has 0 saturated heterocycles. The van der Waals surface area contributed by atoms with Crippen molar-refractivity contribution in [2.24, 2.45) is 0 Å². The standard InChI is InChI=1S/C29H31ClN2O5/c1-19-5-8-21(30)17-25(19)32-27(34)18-36-28(35)16-15-26(33)31-22-9-13-24(14-10-22)37-23-11-6-20(7-12-23)29(2,3)4/h5-14,17H,15-16,18H2,1-4H3,(H,31,33)(H,32,34). The lowest BCUT2D eigenvalue weighted by molar-refractivity contribution is -0.147. The zero-order valence-corrected chi connectivity index (χ0v) is 22.1. The van der Waals surface area contributed by atoms with Crippen LogP contribution in [-0.2, 0) is 24.5 Å². The first-order chi connectivity index (χ1) is 17.5. The van der Waals surface area contributed by atoms with Crippen LogP contribution in [0.3, 0.4) is 0 Å². The number of rotatable bonds is 9. The van der Waals surface area contributed by atoms with Crippen molar-refractivity contribution < 1.29 is 23.9 Å². The molecule has 0 aliphatic carbocycles. The number of hydrogen-bond acceptors (Lipinski definition) is 5. The van der Waals surface area contributed by atoms with Crippen LogP contribution < -0.4 is 15.4 Å². The fourth-order valence-electron chi connectivity index (χ4n) is 3.34. The van der Waals surface area contributed by atoms with Crippen LogP contribution in [0.2, 0.25) is 5.02 Å². The molecule has 0 heterocycles. The third-order valence-electron chi connectivity index (χ3n) is 5.49. The Bertz CT molecular complexity index is 1250. The number of ether oxygens (including phenoxy) is 2. The van der Waals surface area contributed by atoms with E-state index in [1.54, 1.807) is 42.5 Å². The van der Waals surface area contributed by atoms with Crippen LogP contribution >= 0.6 is 11.6 Å². The molecule has 37 heavy (non-hydrogen) atoms. The summed E-state index contributed by atoms with van der Waals surface area (Å²) in [5.41, 5.74) is 3.24. The molecular formula is C29H31ClN2O5. The van der Waals surface area contributed by atoms with Gasteiger partial charge in [-0.25, -0.2) is 0 Å². The largest absolute Gasteiger partial charge is 0.457 e. The lowest BCUT2D eigenvalue weighted by atomic mass is 9.87. The SMILES string of the molecule is Cc1ccc(Cl)cc1NC(=O)COC(=O)CCC(=O)Nc1ccc(Oc2ccc(C(C)(C)C)cc2)cc1. The second-order valence-electron chi connectivity index (χ2n) is 9.62. The molecule has 3 aromatic carbocycles. The lowest BCUT2D eigenvalue weighted by Gasteiger charge is -2.19. The minimum Gasteiger partial charge on any atom is -0.457 e. The first-order valence-corrected chi connectivity index (χ1v) is 12.3. The normalized spacial score (nSPS) is 10.9. The molecule has 8 heteroatoms. The maximum absolute atomic E-state index is 12.2. The molecule has 194 valence electrons. The Kier molecular flexibility index (Phi) is 9.31. The molecule has 0 atom stereocenters. The number of nitrogens with one attached hydrogen (secondary N) is 2. The molecule has 7 nitrogen and oxygen atoms in total. The number of esters is 1. The van der Waals surface area contributed by atoms with Crippen LogP contribution in [0.4, 0.5) is 11.4 Å². The Morgan fingerprint density at radius 2 is 1.43 bits per heavy atom. The van der Waals surface area contributed by atoms with Crippen LogP contribution in [0.1, 0.15) is 44.7 Å². The Labute approximate surface area is 222 Å². The molecule has 0 aliphatic heterocycles. The molecule has 0 unspecified atom stereocenters. The Balaban J connectivity index is 1.39. The molecule has 0 saturated carbocycles. The second kappa shape index (κ2) is 12.4. The van der Waals surface area contributed by atoms with Crippen molar-refractivity contribution in [1.82, 2.24) is 0 Å². The number of benzene rings is 3. The number of anilines is 2. The van der Waals surface area contributed by atoms with Crippen molar-refractivity contribution in [3.63, 3.8) is 0 Å². The molecule has 0 aromatic heterocycles. The van der Waals surface area contributed by atoms with Gasteiger partial charge in [0.25, 0.3) is 5.91 Å². The summed E-state index contributed by atoms with van der Waals surface area (Å²) in [6.07, 6.45) is -0.229. The van der Waals surface area contributed by atoms with Crippen molar-refractivity contribution in [3.8, 4) is 11.5 Å². The van der Waals surface area contributed by atoms with Crippen LogP contribution in [-0.4, -0.2) is 24.4 Å². The third kappa shape index (κ3) is 8.95. The van der Waals surface area contributed by atoms with Gasteiger partial charge in [0.1, 0.15) is 11.5 Å².